The molecule has 7 heteroatoms. The molecular weight excluding hydrogens is 494 g/mol. The zero-order valence-corrected chi connectivity index (χ0v) is 21.8. The molecule has 1 aliphatic heterocycles. The molecule has 0 spiro atoms. The lowest BCUT2D eigenvalue weighted by Crippen LogP contribution is -2.53. The van der Waals surface area contributed by atoms with Gasteiger partial charge in [0.15, 0.2) is 0 Å². The molecule has 1 heterocycles. The van der Waals surface area contributed by atoms with E-state index < -0.39 is 17.4 Å². The first-order chi connectivity index (χ1) is 17.6. The number of carbonyl (C=O) groups is 1. The number of esters is 1. The highest BCUT2D eigenvalue weighted by Crippen LogP contribution is 2.45. The molecule has 0 radical (unpaired) electrons. The van der Waals surface area contributed by atoms with Gasteiger partial charge in [-0.2, -0.15) is 5.26 Å². The number of ether oxygens (including phenoxy) is 1. The van der Waals surface area contributed by atoms with Gasteiger partial charge in [-0.1, -0.05) is 35.9 Å². The third kappa shape index (κ3) is 6.01. The predicted molar refractivity (Wildman–Crippen MR) is 140 cm³/mol. The average Bonchev–Trinajstić information content (AvgIpc) is 2.82. The van der Waals surface area contributed by atoms with Crippen LogP contribution in [0, 0.1) is 23.1 Å². The summed E-state index contributed by atoms with van der Waals surface area (Å²) in [6.07, 6.45) is 0. The number of benzene rings is 3. The number of likely N-dealkylation sites (tertiary alicyclic amines) is 1. The quantitative estimate of drug-likeness (QED) is 0.297. The van der Waals surface area contributed by atoms with Crippen LogP contribution in [0.4, 0.5) is 8.78 Å². The first kappa shape index (κ1) is 26.8. The maximum Gasteiger partial charge on any atom is 0.338 e. The number of hydrogen-bond acceptors (Lipinski definition) is 4. The minimum Gasteiger partial charge on any atom is -0.462 e. The molecule has 3 aromatic rings. The number of nitrogens with zero attached hydrogens (tertiary/aromatic N) is 2. The molecule has 1 saturated heterocycles. The zero-order chi connectivity index (χ0) is 26.7. The van der Waals surface area contributed by atoms with E-state index in [-0.39, 0.29) is 30.1 Å². The summed E-state index contributed by atoms with van der Waals surface area (Å²) >= 11 is 6.14. The van der Waals surface area contributed by atoms with Crippen LogP contribution in [-0.4, -0.2) is 36.2 Å². The molecular formula is C30H29ClF2N2O2. The molecule has 2 atom stereocenters. The van der Waals surface area contributed by atoms with Crippen molar-refractivity contribution in [2.45, 2.75) is 38.4 Å². The first-order valence-corrected chi connectivity index (χ1v) is 12.6. The lowest BCUT2D eigenvalue weighted by molar-refractivity contribution is 0.00806. The molecule has 0 saturated carbocycles. The van der Waals surface area contributed by atoms with E-state index in [1.54, 1.807) is 19.1 Å². The molecule has 0 aromatic heterocycles. The fourth-order valence-electron chi connectivity index (χ4n) is 5.37. The van der Waals surface area contributed by atoms with Gasteiger partial charge in [-0.25, -0.2) is 13.6 Å². The van der Waals surface area contributed by atoms with Gasteiger partial charge in [0, 0.05) is 24.0 Å². The second-order valence-corrected chi connectivity index (χ2v) is 10.4. The van der Waals surface area contributed by atoms with Gasteiger partial charge in [0.1, 0.15) is 11.5 Å². The van der Waals surface area contributed by atoms with Gasteiger partial charge in [-0.05, 0) is 85.8 Å². The maximum atomic E-state index is 15.5. The van der Waals surface area contributed by atoms with Gasteiger partial charge in [0.25, 0.3) is 0 Å². The third-order valence-corrected chi connectivity index (χ3v) is 7.07. The highest BCUT2D eigenvalue weighted by molar-refractivity contribution is 6.30. The summed E-state index contributed by atoms with van der Waals surface area (Å²) in [7, 11) is 0. The molecule has 37 heavy (non-hydrogen) atoms. The smallest absolute Gasteiger partial charge is 0.338 e. The highest BCUT2D eigenvalue weighted by atomic mass is 35.5. The minimum atomic E-state index is -1.63. The summed E-state index contributed by atoms with van der Waals surface area (Å²) in [4.78, 5) is 14.6. The van der Waals surface area contributed by atoms with Crippen LogP contribution in [0.3, 0.4) is 0 Å². The Morgan fingerprint density at radius 1 is 1.11 bits per heavy atom. The van der Waals surface area contributed by atoms with E-state index >= 15 is 4.39 Å². The molecule has 1 aliphatic rings. The topological polar surface area (TPSA) is 53.3 Å². The van der Waals surface area contributed by atoms with Crippen LogP contribution in [0.5, 0.6) is 0 Å². The molecule has 3 aromatic carbocycles. The van der Waals surface area contributed by atoms with Gasteiger partial charge in [-0.15, -0.1) is 0 Å². The molecule has 0 amide bonds. The summed E-state index contributed by atoms with van der Waals surface area (Å²) in [5, 5.41) is 9.92. The lowest BCUT2D eigenvalue weighted by Gasteiger charge is -2.50. The van der Waals surface area contributed by atoms with Gasteiger partial charge in [0.2, 0.25) is 0 Å². The Hall–Kier alpha value is -3.27. The molecule has 0 unspecified atom stereocenters. The van der Waals surface area contributed by atoms with Crippen LogP contribution < -0.4 is 0 Å². The number of rotatable bonds is 8. The Morgan fingerprint density at radius 3 is 2.43 bits per heavy atom. The Bertz CT molecular complexity index is 1310. The Balaban J connectivity index is 1.67. The molecule has 4 rings (SSSR count). The van der Waals surface area contributed by atoms with E-state index in [0.29, 0.717) is 29.2 Å². The SMILES string of the molecule is CCOC(=O)c1cccc([C@H](c2ccc(Cl)cc2)N2CC([C@@H](c3cc(F)cc(C#N)c3)C(C)(C)F)C2)c1. The van der Waals surface area contributed by atoms with Crippen molar-refractivity contribution >= 4 is 17.6 Å². The van der Waals surface area contributed by atoms with Crippen LogP contribution in [0.25, 0.3) is 0 Å². The van der Waals surface area contributed by atoms with Crippen molar-refractivity contribution in [3.05, 3.63) is 105 Å². The zero-order valence-electron chi connectivity index (χ0n) is 21.0. The van der Waals surface area contributed by atoms with E-state index in [9.17, 15) is 14.4 Å². The summed E-state index contributed by atoms with van der Waals surface area (Å²) in [6, 6.07) is 20.7. The summed E-state index contributed by atoms with van der Waals surface area (Å²) in [5.41, 5.74) is 1.38. The van der Waals surface area contributed by atoms with Gasteiger partial charge >= 0.3 is 5.97 Å². The molecule has 1 fully saturated rings. The molecule has 0 N–H and O–H groups in total. The normalized spacial score (nSPS) is 15.9. The van der Waals surface area contributed by atoms with Gasteiger partial charge < -0.3 is 4.74 Å². The number of alkyl halides is 1. The Morgan fingerprint density at radius 2 is 1.81 bits per heavy atom. The van der Waals surface area contributed by atoms with Crippen molar-refractivity contribution in [1.82, 2.24) is 4.90 Å². The number of carbonyl (C=O) groups excluding carboxylic acids is 1. The lowest BCUT2D eigenvalue weighted by atomic mass is 9.72. The van der Waals surface area contributed by atoms with Crippen molar-refractivity contribution in [1.29, 1.82) is 5.26 Å². The molecule has 192 valence electrons. The highest BCUT2D eigenvalue weighted by Gasteiger charge is 2.45. The van der Waals surface area contributed by atoms with E-state index in [1.165, 1.54) is 19.9 Å². The van der Waals surface area contributed by atoms with Gasteiger partial charge in [0.05, 0.1) is 29.8 Å². The fourth-order valence-corrected chi connectivity index (χ4v) is 5.49. The maximum absolute atomic E-state index is 15.5. The van der Waals surface area contributed by atoms with Crippen molar-refractivity contribution in [2.24, 2.45) is 5.92 Å². The second-order valence-electron chi connectivity index (χ2n) is 9.94. The molecule has 4 nitrogen and oxygen atoms in total. The molecule has 0 aliphatic carbocycles. The fraction of sp³-hybridized carbons (Fsp3) is 0.333. The Kier molecular flexibility index (Phi) is 7.96. The Labute approximate surface area is 221 Å². The van der Waals surface area contributed by atoms with Crippen LogP contribution in [-0.2, 0) is 4.74 Å². The third-order valence-electron chi connectivity index (χ3n) is 6.82. The van der Waals surface area contributed by atoms with Crippen LogP contribution in [0.15, 0.2) is 66.7 Å². The number of hydrogen-bond donors (Lipinski definition) is 0. The van der Waals surface area contributed by atoms with E-state index in [1.807, 2.05) is 48.5 Å². The second kappa shape index (κ2) is 11.0. The monoisotopic (exact) mass is 522 g/mol. The van der Waals surface area contributed by atoms with Crippen LogP contribution in [0.1, 0.15) is 65.3 Å². The van der Waals surface area contributed by atoms with Crippen molar-refractivity contribution in [3.63, 3.8) is 0 Å². The van der Waals surface area contributed by atoms with Crippen LogP contribution >= 0.6 is 11.6 Å². The number of halogens is 3. The van der Waals surface area contributed by atoms with Crippen molar-refractivity contribution < 1.29 is 18.3 Å². The number of nitriles is 1. The average molecular weight is 523 g/mol. The summed E-state index contributed by atoms with van der Waals surface area (Å²) in [5.74, 6) is -1.63. The first-order valence-electron chi connectivity index (χ1n) is 12.3. The molecule has 0 bridgehead atoms. The van der Waals surface area contributed by atoms with Crippen molar-refractivity contribution in [3.8, 4) is 6.07 Å². The van der Waals surface area contributed by atoms with Crippen LogP contribution in [0.2, 0.25) is 5.02 Å². The van der Waals surface area contributed by atoms with Crippen molar-refractivity contribution in [2.75, 3.05) is 19.7 Å². The summed E-state index contributed by atoms with van der Waals surface area (Å²) in [6.45, 7) is 6.14. The minimum absolute atomic E-state index is 0.101. The largest absolute Gasteiger partial charge is 0.462 e. The predicted octanol–water partition coefficient (Wildman–Crippen LogP) is 7.08. The van der Waals surface area contributed by atoms with E-state index in [0.717, 1.165) is 17.2 Å². The van der Waals surface area contributed by atoms with Gasteiger partial charge in [-0.3, -0.25) is 4.90 Å². The van der Waals surface area contributed by atoms with E-state index in [2.05, 4.69) is 4.90 Å². The standard InChI is InChI=1S/C30H29ClF2N2O2/c1-4-37-29(36)22-7-5-6-21(14-22)28(20-8-10-25(31)11-9-20)35-17-24(18-35)27(30(2,3)33)23-12-19(16-34)13-26(32)15-23/h5-15,24,27-28H,4,17-18H2,1-3H3/t27-,28+/m1/s1. The summed E-state index contributed by atoms with van der Waals surface area (Å²) < 4.78 is 35.0. The van der Waals surface area contributed by atoms with E-state index in [4.69, 9.17) is 16.3 Å².